The number of benzene rings is 1. The van der Waals surface area contributed by atoms with Crippen molar-refractivity contribution in [2.45, 2.75) is 26.2 Å². The third kappa shape index (κ3) is 3.66. The standard InChI is InChI=1S/C15H16Br3N3/c1-15(2,3)12-11(18)14(19-4)21-13(20-12)8-5-6-9(16)10(17)7-8/h5-7H,1-4H3,(H,19,20,21). The van der Waals surface area contributed by atoms with Crippen molar-refractivity contribution >= 4 is 53.6 Å². The lowest BCUT2D eigenvalue weighted by Crippen LogP contribution is -2.17. The molecule has 1 N–H and O–H groups in total. The van der Waals surface area contributed by atoms with Crippen LogP contribution in [0.2, 0.25) is 0 Å². The van der Waals surface area contributed by atoms with Crippen LogP contribution >= 0.6 is 47.8 Å². The highest BCUT2D eigenvalue weighted by Crippen LogP contribution is 2.35. The van der Waals surface area contributed by atoms with Gasteiger partial charge in [-0.3, -0.25) is 0 Å². The highest BCUT2D eigenvalue weighted by molar-refractivity contribution is 9.13. The van der Waals surface area contributed by atoms with Gasteiger partial charge in [0.25, 0.3) is 0 Å². The molecule has 2 rings (SSSR count). The smallest absolute Gasteiger partial charge is 0.161 e. The van der Waals surface area contributed by atoms with Crippen LogP contribution in [0, 0.1) is 0 Å². The Morgan fingerprint density at radius 2 is 1.67 bits per heavy atom. The fraction of sp³-hybridized carbons (Fsp3) is 0.333. The van der Waals surface area contributed by atoms with Gasteiger partial charge in [-0.25, -0.2) is 9.97 Å². The summed E-state index contributed by atoms with van der Waals surface area (Å²) in [6.07, 6.45) is 0. The molecule has 0 bridgehead atoms. The maximum absolute atomic E-state index is 4.76. The van der Waals surface area contributed by atoms with Gasteiger partial charge in [-0.2, -0.15) is 0 Å². The first kappa shape index (κ1) is 16.9. The molecule has 112 valence electrons. The highest BCUT2D eigenvalue weighted by Gasteiger charge is 2.23. The molecule has 0 unspecified atom stereocenters. The number of aromatic nitrogens is 2. The maximum Gasteiger partial charge on any atom is 0.161 e. The zero-order chi connectivity index (χ0) is 15.8. The molecule has 3 nitrogen and oxygen atoms in total. The number of hydrogen-bond donors (Lipinski definition) is 1. The van der Waals surface area contributed by atoms with Crippen LogP contribution in [-0.2, 0) is 5.41 Å². The van der Waals surface area contributed by atoms with Crippen LogP contribution in [0.4, 0.5) is 5.82 Å². The van der Waals surface area contributed by atoms with Crippen LogP contribution in [0.3, 0.4) is 0 Å². The number of anilines is 1. The van der Waals surface area contributed by atoms with Crippen LogP contribution in [0.25, 0.3) is 11.4 Å². The highest BCUT2D eigenvalue weighted by atomic mass is 79.9. The lowest BCUT2D eigenvalue weighted by atomic mass is 9.91. The average molecular weight is 478 g/mol. The van der Waals surface area contributed by atoms with Gasteiger partial charge in [-0.15, -0.1) is 0 Å². The van der Waals surface area contributed by atoms with E-state index in [2.05, 4.69) is 78.9 Å². The zero-order valence-electron chi connectivity index (χ0n) is 12.3. The fourth-order valence-electron chi connectivity index (χ4n) is 1.87. The van der Waals surface area contributed by atoms with E-state index in [0.717, 1.165) is 30.5 Å². The SMILES string of the molecule is CNc1nc(-c2ccc(Br)c(Br)c2)nc(C(C)(C)C)c1Br. The van der Waals surface area contributed by atoms with E-state index in [4.69, 9.17) is 4.98 Å². The van der Waals surface area contributed by atoms with Crippen molar-refractivity contribution in [3.05, 3.63) is 37.3 Å². The van der Waals surface area contributed by atoms with Gasteiger partial charge in [0.05, 0.1) is 10.2 Å². The summed E-state index contributed by atoms with van der Waals surface area (Å²) < 4.78 is 2.90. The molecule has 1 aromatic heterocycles. The normalized spacial score (nSPS) is 11.6. The van der Waals surface area contributed by atoms with Crippen LogP contribution < -0.4 is 5.32 Å². The third-order valence-electron chi connectivity index (χ3n) is 2.98. The zero-order valence-corrected chi connectivity index (χ0v) is 17.0. The van der Waals surface area contributed by atoms with Crippen LogP contribution in [0.15, 0.2) is 31.6 Å². The minimum absolute atomic E-state index is 0.0747. The second-order valence-corrected chi connectivity index (χ2v) is 8.19. The Kier molecular flexibility index (Phi) is 5.11. The molecule has 0 radical (unpaired) electrons. The van der Waals surface area contributed by atoms with Gasteiger partial charge in [-0.1, -0.05) is 20.8 Å². The molecule has 1 heterocycles. The predicted molar refractivity (Wildman–Crippen MR) is 98.8 cm³/mol. The molecule has 0 amide bonds. The quantitative estimate of drug-likeness (QED) is 0.596. The van der Waals surface area contributed by atoms with Crippen molar-refractivity contribution in [3.63, 3.8) is 0 Å². The van der Waals surface area contributed by atoms with Crippen LogP contribution in [0.5, 0.6) is 0 Å². The van der Waals surface area contributed by atoms with Gasteiger partial charge < -0.3 is 5.32 Å². The van der Waals surface area contributed by atoms with Gasteiger partial charge in [0.1, 0.15) is 5.82 Å². The van der Waals surface area contributed by atoms with Gasteiger partial charge >= 0.3 is 0 Å². The Labute approximate surface area is 150 Å². The topological polar surface area (TPSA) is 37.8 Å². The minimum Gasteiger partial charge on any atom is -0.372 e. The summed E-state index contributed by atoms with van der Waals surface area (Å²) >= 11 is 10.6. The Balaban J connectivity index is 2.66. The van der Waals surface area contributed by atoms with E-state index >= 15 is 0 Å². The molecule has 0 saturated heterocycles. The summed E-state index contributed by atoms with van der Waals surface area (Å²) in [5.74, 6) is 1.50. The summed E-state index contributed by atoms with van der Waals surface area (Å²) in [7, 11) is 1.86. The van der Waals surface area contributed by atoms with Crippen molar-refractivity contribution in [2.75, 3.05) is 12.4 Å². The first-order valence-electron chi connectivity index (χ1n) is 6.45. The lowest BCUT2D eigenvalue weighted by molar-refractivity contribution is 0.564. The van der Waals surface area contributed by atoms with E-state index in [-0.39, 0.29) is 5.41 Å². The van der Waals surface area contributed by atoms with Crippen LogP contribution in [0.1, 0.15) is 26.5 Å². The largest absolute Gasteiger partial charge is 0.372 e. The third-order valence-corrected chi connectivity index (χ3v) is 5.61. The van der Waals surface area contributed by atoms with Gasteiger partial charge in [0.2, 0.25) is 0 Å². The summed E-state index contributed by atoms with van der Waals surface area (Å²) in [4.78, 5) is 9.36. The molecule has 0 atom stereocenters. The number of hydrogen-bond acceptors (Lipinski definition) is 3. The Morgan fingerprint density at radius 1 is 1.00 bits per heavy atom. The molecule has 1 aromatic carbocycles. The first-order valence-corrected chi connectivity index (χ1v) is 8.83. The second-order valence-electron chi connectivity index (χ2n) is 5.69. The summed E-state index contributed by atoms with van der Waals surface area (Å²) in [6, 6.07) is 6.00. The van der Waals surface area contributed by atoms with Crippen molar-refractivity contribution in [2.24, 2.45) is 0 Å². The van der Waals surface area contributed by atoms with E-state index in [9.17, 15) is 0 Å². The molecule has 0 fully saturated rings. The van der Waals surface area contributed by atoms with E-state index in [0.29, 0.717) is 5.82 Å². The molecule has 6 heteroatoms. The maximum atomic E-state index is 4.76. The summed E-state index contributed by atoms with van der Waals surface area (Å²) in [6.45, 7) is 6.42. The summed E-state index contributed by atoms with van der Waals surface area (Å²) in [5, 5.41) is 3.12. The van der Waals surface area contributed by atoms with Crippen molar-refractivity contribution in [1.29, 1.82) is 0 Å². The number of halogens is 3. The van der Waals surface area contributed by atoms with Crippen molar-refractivity contribution < 1.29 is 0 Å². The lowest BCUT2D eigenvalue weighted by Gasteiger charge is -2.21. The van der Waals surface area contributed by atoms with E-state index in [1.54, 1.807) is 0 Å². The Morgan fingerprint density at radius 3 is 2.19 bits per heavy atom. The van der Waals surface area contributed by atoms with Crippen molar-refractivity contribution in [1.82, 2.24) is 9.97 Å². The minimum atomic E-state index is -0.0747. The molecule has 0 saturated carbocycles. The van der Waals surface area contributed by atoms with Crippen LogP contribution in [-0.4, -0.2) is 17.0 Å². The molecule has 2 aromatic rings. The summed E-state index contributed by atoms with van der Waals surface area (Å²) in [5.41, 5.74) is 1.88. The second kappa shape index (κ2) is 6.34. The molecule has 21 heavy (non-hydrogen) atoms. The monoisotopic (exact) mass is 475 g/mol. The fourth-order valence-corrected chi connectivity index (χ4v) is 3.47. The Hall–Kier alpha value is -0.460. The average Bonchev–Trinajstić information content (AvgIpc) is 2.41. The number of nitrogens with one attached hydrogen (secondary N) is 1. The number of nitrogens with zero attached hydrogens (tertiary/aromatic N) is 2. The van der Waals surface area contributed by atoms with E-state index in [1.807, 2.05) is 25.2 Å². The van der Waals surface area contributed by atoms with Crippen molar-refractivity contribution in [3.8, 4) is 11.4 Å². The van der Waals surface area contributed by atoms with Gasteiger partial charge in [0.15, 0.2) is 5.82 Å². The number of rotatable bonds is 2. The predicted octanol–water partition coefficient (Wildman–Crippen LogP) is 5.77. The van der Waals surface area contributed by atoms with Gasteiger partial charge in [0, 0.05) is 27.0 Å². The molecule has 0 aliphatic heterocycles. The van der Waals surface area contributed by atoms with E-state index < -0.39 is 0 Å². The Bertz CT molecular complexity index is 679. The molecule has 0 spiro atoms. The molecular formula is C15H16Br3N3. The van der Waals surface area contributed by atoms with Gasteiger partial charge in [-0.05, 0) is 66.0 Å². The first-order chi connectivity index (χ1) is 9.74. The molecular weight excluding hydrogens is 462 g/mol. The van der Waals surface area contributed by atoms with E-state index in [1.165, 1.54) is 0 Å². The molecule has 0 aliphatic carbocycles. The molecule has 0 aliphatic rings.